The van der Waals surface area contributed by atoms with Crippen LogP contribution in [0.15, 0.2) is 30.9 Å². The number of halogens is 2. The van der Waals surface area contributed by atoms with Crippen molar-refractivity contribution in [2.75, 3.05) is 0 Å². The molecule has 0 aromatic heterocycles. The summed E-state index contributed by atoms with van der Waals surface area (Å²) in [5.74, 6) is 1.28. The summed E-state index contributed by atoms with van der Waals surface area (Å²) in [5.41, 5.74) is 0.939. The molecule has 27 heavy (non-hydrogen) atoms. The van der Waals surface area contributed by atoms with E-state index in [1.807, 2.05) is 0 Å². The van der Waals surface area contributed by atoms with Crippen molar-refractivity contribution in [2.45, 2.75) is 82.3 Å². The van der Waals surface area contributed by atoms with Crippen LogP contribution in [0.1, 0.15) is 63.4 Å². The Morgan fingerprint density at radius 2 is 1.67 bits per heavy atom. The molecule has 0 N–H and O–H groups in total. The minimum Gasteiger partial charge on any atom is -0.204 e. The summed E-state index contributed by atoms with van der Waals surface area (Å²) in [6, 6.07) is 8.96. The topological polar surface area (TPSA) is 0 Å². The Kier molecular flexibility index (Phi) is 8.11. The van der Waals surface area contributed by atoms with Gasteiger partial charge in [0, 0.05) is 8.80 Å². The van der Waals surface area contributed by atoms with E-state index in [0.29, 0.717) is 0 Å². The summed E-state index contributed by atoms with van der Waals surface area (Å²) in [6.07, 6.45) is 15.1. The summed E-state index contributed by atoms with van der Waals surface area (Å²) in [5, 5.41) is 0. The molecule has 2 aliphatic rings. The first-order valence-electron chi connectivity index (χ1n) is 11.0. The van der Waals surface area contributed by atoms with Gasteiger partial charge in [0.1, 0.15) is 0 Å². The van der Waals surface area contributed by atoms with Crippen LogP contribution in [0.4, 0.5) is 8.78 Å². The van der Waals surface area contributed by atoms with Crippen LogP contribution in [-0.4, -0.2) is 8.80 Å². The maximum absolute atomic E-state index is 13.3. The summed E-state index contributed by atoms with van der Waals surface area (Å²) < 4.78 is 26.4. The average molecular weight is 390 g/mol. The molecular formula is C24H35F2Si. The third kappa shape index (κ3) is 6.27. The van der Waals surface area contributed by atoms with Crippen LogP contribution in [0.3, 0.4) is 0 Å². The smallest absolute Gasteiger partial charge is 0.159 e. The van der Waals surface area contributed by atoms with Gasteiger partial charge in [-0.3, -0.25) is 0 Å². The monoisotopic (exact) mass is 389 g/mol. The van der Waals surface area contributed by atoms with E-state index in [0.717, 1.165) is 36.2 Å². The molecule has 149 valence electrons. The van der Waals surface area contributed by atoms with E-state index >= 15 is 0 Å². The van der Waals surface area contributed by atoms with Gasteiger partial charge in [0.2, 0.25) is 0 Å². The molecule has 1 aliphatic carbocycles. The fourth-order valence-electron chi connectivity index (χ4n) is 5.28. The first-order valence-corrected chi connectivity index (χ1v) is 13.2. The van der Waals surface area contributed by atoms with Crippen LogP contribution in [0, 0.1) is 29.4 Å². The van der Waals surface area contributed by atoms with Crippen molar-refractivity contribution in [3.05, 3.63) is 48.1 Å². The largest absolute Gasteiger partial charge is 0.204 e. The lowest BCUT2D eigenvalue weighted by atomic mass is 9.73. The van der Waals surface area contributed by atoms with Gasteiger partial charge in [0.15, 0.2) is 11.6 Å². The van der Waals surface area contributed by atoms with Gasteiger partial charge in [-0.25, -0.2) is 8.78 Å². The second-order valence-corrected chi connectivity index (χ2v) is 11.8. The molecular weight excluding hydrogens is 354 g/mol. The van der Waals surface area contributed by atoms with Crippen molar-refractivity contribution in [3.8, 4) is 0 Å². The predicted molar refractivity (Wildman–Crippen MR) is 112 cm³/mol. The second-order valence-electron chi connectivity index (χ2n) is 8.84. The zero-order chi connectivity index (χ0) is 19.1. The summed E-state index contributed by atoms with van der Waals surface area (Å²) in [6.45, 7) is 3.84. The first kappa shape index (κ1) is 20.8. The maximum atomic E-state index is 13.3. The molecule has 3 heteroatoms. The van der Waals surface area contributed by atoms with Crippen molar-refractivity contribution in [1.82, 2.24) is 0 Å². The lowest BCUT2D eigenvalue weighted by Gasteiger charge is -2.37. The van der Waals surface area contributed by atoms with Gasteiger partial charge in [-0.2, -0.15) is 0 Å². The van der Waals surface area contributed by atoms with Crippen molar-refractivity contribution >= 4 is 8.80 Å². The minimum atomic E-state index is -0.739. The predicted octanol–water partition coefficient (Wildman–Crippen LogP) is 7.57. The number of unbranched alkanes of at least 4 members (excludes halogenated alkanes) is 1. The Labute approximate surface area is 166 Å². The van der Waals surface area contributed by atoms with Crippen molar-refractivity contribution in [2.24, 2.45) is 17.8 Å². The summed E-state index contributed by atoms with van der Waals surface area (Å²) >= 11 is 0. The van der Waals surface area contributed by atoms with Gasteiger partial charge >= 0.3 is 0 Å². The molecule has 1 aliphatic heterocycles. The number of rotatable bonds is 8. The first-order chi connectivity index (χ1) is 13.2. The molecule has 0 nitrogen and oxygen atoms in total. The van der Waals surface area contributed by atoms with E-state index in [9.17, 15) is 8.78 Å². The van der Waals surface area contributed by atoms with Gasteiger partial charge < -0.3 is 0 Å². The molecule has 1 heterocycles. The highest BCUT2D eigenvalue weighted by Gasteiger charge is 2.31. The molecule has 1 aromatic rings. The Balaban J connectivity index is 1.34. The Morgan fingerprint density at radius 3 is 2.33 bits per heavy atom. The highest BCUT2D eigenvalue weighted by molar-refractivity contribution is 6.58. The molecule has 0 bridgehead atoms. The third-order valence-electron chi connectivity index (χ3n) is 7.06. The Hall–Kier alpha value is -0.963. The maximum Gasteiger partial charge on any atom is 0.159 e. The fraction of sp³-hybridized carbons (Fsp3) is 0.667. The van der Waals surface area contributed by atoms with Gasteiger partial charge in [0.25, 0.3) is 0 Å². The zero-order valence-corrected chi connectivity index (χ0v) is 17.7. The molecule has 1 aromatic carbocycles. The highest BCUT2D eigenvalue weighted by Crippen LogP contribution is 2.41. The highest BCUT2D eigenvalue weighted by atomic mass is 28.3. The lowest BCUT2D eigenvalue weighted by molar-refractivity contribution is 0.186. The van der Waals surface area contributed by atoms with Crippen molar-refractivity contribution < 1.29 is 8.78 Å². The van der Waals surface area contributed by atoms with E-state index in [-0.39, 0.29) is 8.80 Å². The number of benzene rings is 1. The zero-order valence-electron chi connectivity index (χ0n) is 16.7. The van der Waals surface area contributed by atoms with Crippen LogP contribution in [0.5, 0.6) is 0 Å². The SMILES string of the molecule is C=CCCC[Si]1CCC(C2CCC(CCc3ccc(F)c(F)c3)CC2)CC1. The number of hydrogen-bond acceptors (Lipinski definition) is 0. The fourth-order valence-corrected chi connectivity index (χ4v) is 8.29. The third-order valence-corrected chi connectivity index (χ3v) is 10.1. The molecule has 0 amide bonds. The van der Waals surface area contributed by atoms with Gasteiger partial charge in [-0.05, 0) is 67.6 Å². The van der Waals surface area contributed by atoms with Crippen molar-refractivity contribution in [1.29, 1.82) is 0 Å². The number of allylic oxidation sites excluding steroid dienone is 1. The molecule has 1 radical (unpaired) electrons. The molecule has 3 rings (SSSR count). The molecule has 0 spiro atoms. The van der Waals surface area contributed by atoms with Crippen LogP contribution in [0.2, 0.25) is 18.1 Å². The molecule has 0 atom stereocenters. The van der Waals surface area contributed by atoms with Gasteiger partial charge in [-0.1, -0.05) is 62.4 Å². The molecule has 0 unspecified atom stereocenters. The number of aryl methyl sites for hydroxylation is 1. The summed E-state index contributed by atoms with van der Waals surface area (Å²) in [7, 11) is -0.0518. The van der Waals surface area contributed by atoms with Crippen LogP contribution in [0.25, 0.3) is 0 Å². The van der Waals surface area contributed by atoms with E-state index in [1.165, 1.54) is 69.5 Å². The van der Waals surface area contributed by atoms with E-state index in [1.54, 1.807) is 18.2 Å². The van der Waals surface area contributed by atoms with Gasteiger partial charge in [-0.15, -0.1) is 6.58 Å². The standard InChI is InChI=1S/C24H35F2Si/c1-2-3-4-15-27-16-13-22(14-17-27)21-10-7-19(8-11-21)5-6-20-9-12-23(25)24(26)18-20/h2,9,12,18-19,21-22H,1,3-8,10-11,13-17H2. The van der Waals surface area contributed by atoms with E-state index in [2.05, 4.69) is 12.7 Å². The molecule has 1 saturated carbocycles. The van der Waals surface area contributed by atoms with Crippen LogP contribution < -0.4 is 0 Å². The lowest BCUT2D eigenvalue weighted by Crippen LogP contribution is -2.28. The Bertz CT molecular complexity index is 584. The molecule has 1 saturated heterocycles. The van der Waals surface area contributed by atoms with E-state index < -0.39 is 11.6 Å². The van der Waals surface area contributed by atoms with Crippen molar-refractivity contribution in [3.63, 3.8) is 0 Å². The summed E-state index contributed by atoms with van der Waals surface area (Å²) in [4.78, 5) is 0. The normalized spacial score (nSPS) is 24.8. The van der Waals surface area contributed by atoms with Gasteiger partial charge in [0.05, 0.1) is 0 Å². The average Bonchev–Trinajstić information content (AvgIpc) is 2.70. The number of hydrogen-bond donors (Lipinski definition) is 0. The van der Waals surface area contributed by atoms with E-state index in [4.69, 9.17) is 0 Å². The molecule has 2 fully saturated rings. The second kappa shape index (κ2) is 10.5. The van der Waals surface area contributed by atoms with Crippen LogP contribution >= 0.6 is 0 Å². The quantitative estimate of drug-likeness (QED) is 0.244. The van der Waals surface area contributed by atoms with Crippen LogP contribution in [-0.2, 0) is 6.42 Å². The minimum absolute atomic E-state index is 0.0518. The Morgan fingerprint density at radius 1 is 0.963 bits per heavy atom.